The van der Waals surface area contributed by atoms with E-state index in [0.717, 1.165) is 6.20 Å². The Hall–Kier alpha value is -0.230. The van der Waals surface area contributed by atoms with Crippen molar-refractivity contribution in [1.29, 1.82) is 0 Å². The molecule has 0 aromatic carbocycles. The molecule has 0 fully saturated rings. The van der Waals surface area contributed by atoms with Crippen molar-refractivity contribution in [3.8, 4) is 0 Å². The molecule has 0 aliphatic heterocycles. The van der Waals surface area contributed by atoms with Crippen molar-refractivity contribution in [2.45, 2.75) is 4.90 Å². The van der Waals surface area contributed by atoms with E-state index in [1.54, 1.807) is 0 Å². The van der Waals surface area contributed by atoms with Gasteiger partial charge in [-0.25, -0.2) is 14.2 Å². The molecule has 1 aromatic heterocycles. The Morgan fingerprint density at radius 2 is 2.18 bits per heavy atom. The van der Waals surface area contributed by atoms with Crippen LogP contribution in [0.5, 0.6) is 0 Å². The van der Waals surface area contributed by atoms with Gasteiger partial charge in [-0.3, -0.25) is 0 Å². The van der Waals surface area contributed by atoms with Gasteiger partial charge in [-0.1, -0.05) is 11.6 Å². The molecule has 1 aromatic rings. The SMILES string of the molecule is O=S(O)c1cnc(Cl)nc1Cl. The number of aromatic nitrogens is 2. The predicted molar refractivity (Wildman–Crippen MR) is 41.1 cm³/mol. The zero-order chi connectivity index (χ0) is 8.43. The second-order valence-corrected chi connectivity index (χ2v) is 3.18. The average molecular weight is 213 g/mol. The lowest BCUT2D eigenvalue weighted by molar-refractivity contribution is 0.563. The topological polar surface area (TPSA) is 63.1 Å². The van der Waals surface area contributed by atoms with Gasteiger partial charge in [0, 0.05) is 0 Å². The molecular formula is C4H2Cl2N2O2S. The molecule has 0 aliphatic rings. The summed E-state index contributed by atoms with van der Waals surface area (Å²) in [6, 6.07) is 0. The van der Waals surface area contributed by atoms with Gasteiger partial charge in [0.1, 0.15) is 4.90 Å². The maximum Gasteiger partial charge on any atom is 0.223 e. The van der Waals surface area contributed by atoms with E-state index in [0.29, 0.717) is 0 Å². The van der Waals surface area contributed by atoms with Crippen LogP contribution in [0.4, 0.5) is 0 Å². The highest BCUT2D eigenvalue weighted by atomic mass is 35.5. The van der Waals surface area contributed by atoms with Crippen LogP contribution in [0.3, 0.4) is 0 Å². The molecule has 0 spiro atoms. The number of halogens is 2. The van der Waals surface area contributed by atoms with Gasteiger partial charge in [-0.15, -0.1) is 0 Å². The van der Waals surface area contributed by atoms with Gasteiger partial charge in [0.25, 0.3) is 0 Å². The minimum Gasteiger partial charge on any atom is -0.302 e. The zero-order valence-electron chi connectivity index (χ0n) is 4.99. The lowest BCUT2D eigenvalue weighted by Crippen LogP contribution is -1.94. The fraction of sp³-hybridized carbons (Fsp3) is 0. The van der Waals surface area contributed by atoms with Crippen molar-refractivity contribution < 1.29 is 8.76 Å². The van der Waals surface area contributed by atoms with E-state index in [1.807, 2.05) is 0 Å². The summed E-state index contributed by atoms with van der Waals surface area (Å²) in [7, 11) is 0. The Labute approximate surface area is 74.9 Å². The van der Waals surface area contributed by atoms with Crippen LogP contribution in [0.1, 0.15) is 0 Å². The molecule has 0 radical (unpaired) electrons. The maximum absolute atomic E-state index is 10.4. The molecule has 1 rings (SSSR count). The average Bonchev–Trinajstić information content (AvgIpc) is 1.85. The van der Waals surface area contributed by atoms with Crippen molar-refractivity contribution in [1.82, 2.24) is 9.97 Å². The van der Waals surface area contributed by atoms with Crippen LogP contribution < -0.4 is 0 Å². The molecule has 0 aliphatic carbocycles. The Balaban J connectivity index is 3.20. The summed E-state index contributed by atoms with van der Waals surface area (Å²) in [5.74, 6) is 0. The normalized spacial score (nSPS) is 13.0. The van der Waals surface area contributed by atoms with Crippen LogP contribution in [0.15, 0.2) is 11.1 Å². The molecule has 0 amide bonds. The smallest absolute Gasteiger partial charge is 0.223 e. The second kappa shape index (κ2) is 3.44. The fourth-order valence-electron chi connectivity index (χ4n) is 0.447. The number of hydrogen-bond acceptors (Lipinski definition) is 3. The third kappa shape index (κ3) is 2.10. The number of rotatable bonds is 1. The van der Waals surface area contributed by atoms with Crippen LogP contribution in [0.2, 0.25) is 10.4 Å². The first-order valence-electron chi connectivity index (χ1n) is 2.40. The first-order chi connectivity index (χ1) is 5.11. The van der Waals surface area contributed by atoms with E-state index >= 15 is 0 Å². The van der Waals surface area contributed by atoms with Crippen LogP contribution in [-0.2, 0) is 11.1 Å². The summed E-state index contributed by atoms with van der Waals surface area (Å²) >= 11 is 8.61. The van der Waals surface area contributed by atoms with E-state index in [-0.39, 0.29) is 15.3 Å². The third-order valence-electron chi connectivity index (χ3n) is 0.870. The van der Waals surface area contributed by atoms with Gasteiger partial charge < -0.3 is 4.55 Å². The minimum atomic E-state index is -2.16. The standard InChI is InChI=1S/C4H2Cl2N2O2S/c5-3-2(11(9)10)1-7-4(6)8-3/h1H,(H,9,10). The van der Waals surface area contributed by atoms with Crippen molar-refractivity contribution in [3.63, 3.8) is 0 Å². The van der Waals surface area contributed by atoms with Crippen LogP contribution in [-0.4, -0.2) is 18.7 Å². The summed E-state index contributed by atoms with van der Waals surface area (Å²) in [6.45, 7) is 0. The maximum atomic E-state index is 10.4. The fourth-order valence-corrected chi connectivity index (χ4v) is 1.28. The summed E-state index contributed by atoms with van der Waals surface area (Å²) in [6.07, 6.45) is 1.10. The van der Waals surface area contributed by atoms with Gasteiger partial charge >= 0.3 is 0 Å². The van der Waals surface area contributed by atoms with E-state index in [9.17, 15) is 4.21 Å². The Morgan fingerprint density at radius 3 is 2.64 bits per heavy atom. The van der Waals surface area contributed by atoms with Gasteiger partial charge in [0.05, 0.1) is 6.20 Å². The zero-order valence-corrected chi connectivity index (χ0v) is 7.32. The quantitative estimate of drug-likeness (QED) is 0.434. The predicted octanol–water partition coefficient (Wildman–Crippen LogP) is 1.36. The van der Waals surface area contributed by atoms with Crippen molar-refractivity contribution in [2.75, 3.05) is 0 Å². The molecule has 1 heterocycles. The van der Waals surface area contributed by atoms with E-state index in [2.05, 4.69) is 9.97 Å². The van der Waals surface area contributed by atoms with Crippen LogP contribution in [0.25, 0.3) is 0 Å². The van der Waals surface area contributed by atoms with Gasteiger partial charge in [0.15, 0.2) is 16.2 Å². The molecule has 4 nitrogen and oxygen atoms in total. The largest absolute Gasteiger partial charge is 0.302 e. The highest BCUT2D eigenvalue weighted by molar-refractivity contribution is 7.79. The summed E-state index contributed by atoms with van der Waals surface area (Å²) < 4.78 is 19.0. The Kier molecular flexibility index (Phi) is 2.78. The molecule has 7 heteroatoms. The lowest BCUT2D eigenvalue weighted by atomic mass is 10.7. The van der Waals surface area contributed by atoms with Gasteiger partial charge in [-0.2, -0.15) is 0 Å². The molecule has 60 valence electrons. The molecule has 1 atom stereocenters. The molecular weight excluding hydrogens is 211 g/mol. The molecule has 1 N–H and O–H groups in total. The second-order valence-electron chi connectivity index (χ2n) is 1.54. The molecule has 0 bridgehead atoms. The van der Waals surface area contributed by atoms with Crippen molar-refractivity contribution in [2.24, 2.45) is 0 Å². The van der Waals surface area contributed by atoms with Crippen LogP contribution in [0, 0.1) is 0 Å². The van der Waals surface area contributed by atoms with E-state index < -0.39 is 11.1 Å². The first-order valence-corrected chi connectivity index (χ1v) is 4.26. The molecule has 0 saturated heterocycles. The lowest BCUT2D eigenvalue weighted by Gasteiger charge is -1.95. The Morgan fingerprint density at radius 1 is 1.55 bits per heavy atom. The highest BCUT2D eigenvalue weighted by Gasteiger charge is 2.08. The van der Waals surface area contributed by atoms with E-state index in [1.165, 1.54) is 0 Å². The highest BCUT2D eigenvalue weighted by Crippen LogP contribution is 2.16. The number of nitrogens with zero attached hydrogens (tertiary/aromatic N) is 2. The van der Waals surface area contributed by atoms with Gasteiger partial charge in [0.2, 0.25) is 5.28 Å². The third-order valence-corrected chi connectivity index (χ3v) is 2.13. The Bertz CT molecular complexity index is 306. The van der Waals surface area contributed by atoms with E-state index in [4.69, 9.17) is 27.8 Å². The van der Waals surface area contributed by atoms with Crippen LogP contribution >= 0.6 is 23.2 Å². The molecule has 1 unspecified atom stereocenters. The van der Waals surface area contributed by atoms with Gasteiger partial charge in [-0.05, 0) is 11.6 Å². The van der Waals surface area contributed by atoms with Crippen molar-refractivity contribution in [3.05, 3.63) is 16.6 Å². The van der Waals surface area contributed by atoms with Crippen molar-refractivity contribution >= 4 is 34.3 Å². The summed E-state index contributed by atoms with van der Waals surface area (Å²) in [5.41, 5.74) is 0. The molecule has 11 heavy (non-hydrogen) atoms. The number of hydrogen-bond donors (Lipinski definition) is 1. The summed E-state index contributed by atoms with van der Waals surface area (Å²) in [4.78, 5) is 6.89. The minimum absolute atomic E-state index is 0.0453. The molecule has 0 saturated carbocycles. The summed E-state index contributed by atoms with van der Waals surface area (Å²) in [5, 5.41) is -0.157. The monoisotopic (exact) mass is 212 g/mol. The first kappa shape index (κ1) is 8.86.